The third kappa shape index (κ3) is 3.84. The highest BCUT2D eigenvalue weighted by molar-refractivity contribution is 5.07. The molecular weight excluding hydrogens is 368 g/mol. The van der Waals surface area contributed by atoms with Gasteiger partial charge in [0.1, 0.15) is 54.5 Å². The molecule has 0 radical (unpaired) electrons. The van der Waals surface area contributed by atoms with Crippen molar-refractivity contribution in [1.82, 2.24) is 15.4 Å². The number of aliphatic hydroxyl groups is 6. The van der Waals surface area contributed by atoms with E-state index in [1.165, 1.54) is 6.20 Å². The van der Waals surface area contributed by atoms with Crippen molar-refractivity contribution in [1.29, 1.82) is 0 Å². The summed E-state index contributed by atoms with van der Waals surface area (Å²) in [4.78, 5) is 0. The van der Waals surface area contributed by atoms with E-state index < -0.39 is 74.4 Å². The Morgan fingerprint density at radius 1 is 1.00 bits per heavy atom. The molecule has 0 aromatic carbocycles. The molecule has 13 heteroatoms. The summed E-state index contributed by atoms with van der Waals surface area (Å²) < 4.78 is 16.5. The second kappa shape index (κ2) is 8.40. The normalized spacial score (nSPS) is 45.7. The lowest BCUT2D eigenvalue weighted by atomic mass is 9.91. The fourth-order valence-electron chi connectivity index (χ4n) is 3.24. The van der Waals surface area contributed by atoms with E-state index in [-0.39, 0.29) is 0 Å². The average Bonchev–Trinajstić information content (AvgIpc) is 3.20. The highest BCUT2D eigenvalue weighted by Crippen LogP contribution is 2.33. The largest absolute Gasteiger partial charge is 0.394 e. The van der Waals surface area contributed by atoms with Crippen LogP contribution in [0.2, 0.25) is 0 Å². The molecule has 2 aliphatic heterocycles. The maximum Gasteiger partial charge on any atom is 0.187 e. The molecule has 1 aromatic rings. The van der Waals surface area contributed by atoms with Crippen molar-refractivity contribution < 1.29 is 44.8 Å². The number of aromatic amines is 1. The van der Waals surface area contributed by atoms with Crippen LogP contribution in [0.1, 0.15) is 11.8 Å². The van der Waals surface area contributed by atoms with Gasteiger partial charge in [-0.05, 0) is 0 Å². The zero-order chi connectivity index (χ0) is 19.7. The Hall–Kier alpha value is -1.26. The molecule has 154 valence electrons. The van der Waals surface area contributed by atoms with E-state index in [0.717, 1.165) is 0 Å². The van der Waals surface area contributed by atoms with E-state index in [0.29, 0.717) is 5.69 Å². The zero-order valence-corrected chi connectivity index (χ0v) is 14.1. The van der Waals surface area contributed by atoms with Crippen LogP contribution < -0.4 is 5.73 Å². The summed E-state index contributed by atoms with van der Waals surface area (Å²) >= 11 is 0. The lowest BCUT2D eigenvalue weighted by Gasteiger charge is -2.46. The summed E-state index contributed by atoms with van der Waals surface area (Å²) in [7, 11) is 0. The summed E-state index contributed by atoms with van der Waals surface area (Å²) in [6, 6.07) is -1.01. The Morgan fingerprint density at radius 2 is 1.70 bits per heavy atom. The summed E-state index contributed by atoms with van der Waals surface area (Å²) in [6.45, 7) is -1.19. The van der Waals surface area contributed by atoms with Gasteiger partial charge in [0.15, 0.2) is 6.29 Å². The Labute approximate surface area is 153 Å². The quantitative estimate of drug-likeness (QED) is 0.236. The highest BCUT2D eigenvalue weighted by Gasteiger charge is 2.50. The number of hydrogen-bond acceptors (Lipinski definition) is 12. The Bertz CT molecular complexity index is 589. The molecule has 0 aliphatic carbocycles. The van der Waals surface area contributed by atoms with Crippen molar-refractivity contribution in [2.24, 2.45) is 5.73 Å². The fraction of sp³-hybridized carbons (Fsp3) is 0.857. The van der Waals surface area contributed by atoms with Gasteiger partial charge in [-0.3, -0.25) is 0 Å². The minimum absolute atomic E-state index is 0.325. The number of nitrogens with one attached hydrogen (secondary N) is 1. The van der Waals surface area contributed by atoms with E-state index >= 15 is 0 Å². The van der Waals surface area contributed by atoms with Crippen LogP contribution in [-0.4, -0.2) is 114 Å². The van der Waals surface area contributed by atoms with Crippen LogP contribution in [0, 0.1) is 0 Å². The molecule has 3 rings (SSSR count). The Morgan fingerprint density at radius 3 is 2.30 bits per heavy atom. The third-order valence-electron chi connectivity index (χ3n) is 4.81. The van der Waals surface area contributed by atoms with Gasteiger partial charge in [-0.25, -0.2) is 0 Å². The molecule has 3 heterocycles. The molecule has 1 aromatic heterocycles. The number of hydrogen-bond donors (Lipinski definition) is 8. The van der Waals surface area contributed by atoms with Crippen LogP contribution in [0.15, 0.2) is 6.20 Å². The van der Waals surface area contributed by atoms with Crippen LogP contribution in [0.5, 0.6) is 0 Å². The smallest absolute Gasteiger partial charge is 0.187 e. The number of aromatic nitrogens is 3. The second-order valence-corrected chi connectivity index (χ2v) is 6.54. The SMILES string of the molecule is N[C@H]1C(c2cn[nH]n2)O[C@H](CO)[C@@H](O[C@@H]2O[C@H](CO)[C@H](O)[C@H](O)[C@H]2O)[C@@H]1O. The lowest BCUT2D eigenvalue weighted by molar-refractivity contribution is -0.336. The predicted octanol–water partition coefficient (Wildman–Crippen LogP) is -4.89. The topological polar surface area (TPSA) is 217 Å². The first kappa shape index (κ1) is 20.5. The summed E-state index contributed by atoms with van der Waals surface area (Å²) in [5.41, 5.74) is 6.34. The first-order valence-electron chi connectivity index (χ1n) is 8.40. The molecule has 2 fully saturated rings. The van der Waals surface area contributed by atoms with E-state index in [1.807, 2.05) is 0 Å². The molecule has 13 nitrogen and oxygen atoms in total. The molecule has 27 heavy (non-hydrogen) atoms. The van der Waals surface area contributed by atoms with Crippen molar-refractivity contribution in [3.63, 3.8) is 0 Å². The molecule has 0 bridgehead atoms. The number of ether oxygens (including phenoxy) is 3. The lowest BCUT2D eigenvalue weighted by Crippen LogP contribution is -2.64. The standard InChI is InChI=1S/C14H24N4O9/c15-7-9(22)13(6(3-20)25-12(7)4-1-16-18-17-4)27-14-11(24)10(23)8(21)5(2-19)26-14/h1,5-14,19-24H,2-3,15H2,(H,16,17,18)/t5-,6-,7-,8+,9-,10+,11-,12?,13-,14+/m1/s1. The van der Waals surface area contributed by atoms with Crippen molar-refractivity contribution >= 4 is 0 Å². The van der Waals surface area contributed by atoms with Crippen LogP contribution in [-0.2, 0) is 14.2 Å². The van der Waals surface area contributed by atoms with Crippen molar-refractivity contribution in [2.75, 3.05) is 13.2 Å². The van der Waals surface area contributed by atoms with Gasteiger partial charge >= 0.3 is 0 Å². The number of nitrogens with zero attached hydrogens (tertiary/aromatic N) is 2. The van der Waals surface area contributed by atoms with Gasteiger partial charge in [0.25, 0.3) is 0 Å². The van der Waals surface area contributed by atoms with E-state index in [4.69, 9.17) is 19.9 Å². The molecule has 9 N–H and O–H groups in total. The molecule has 0 spiro atoms. The minimum Gasteiger partial charge on any atom is -0.394 e. The van der Waals surface area contributed by atoms with E-state index in [2.05, 4.69) is 15.4 Å². The van der Waals surface area contributed by atoms with Crippen LogP contribution in [0.3, 0.4) is 0 Å². The highest BCUT2D eigenvalue weighted by atomic mass is 16.7. The zero-order valence-electron chi connectivity index (χ0n) is 14.1. The van der Waals surface area contributed by atoms with E-state index in [9.17, 15) is 30.6 Å². The molecule has 1 unspecified atom stereocenters. The van der Waals surface area contributed by atoms with Crippen molar-refractivity contribution in [3.05, 3.63) is 11.9 Å². The third-order valence-corrected chi connectivity index (χ3v) is 4.81. The van der Waals surface area contributed by atoms with Gasteiger partial charge < -0.3 is 50.6 Å². The van der Waals surface area contributed by atoms with Crippen LogP contribution in [0.4, 0.5) is 0 Å². The fourth-order valence-corrected chi connectivity index (χ4v) is 3.24. The molecule has 2 saturated heterocycles. The average molecular weight is 392 g/mol. The first-order chi connectivity index (χ1) is 12.9. The number of H-pyrrole nitrogens is 1. The predicted molar refractivity (Wildman–Crippen MR) is 83.7 cm³/mol. The summed E-state index contributed by atoms with van der Waals surface area (Å²) in [5, 5.41) is 69.1. The van der Waals surface area contributed by atoms with Gasteiger partial charge in [-0.2, -0.15) is 15.4 Å². The van der Waals surface area contributed by atoms with Gasteiger partial charge in [-0.15, -0.1) is 0 Å². The molecule has 0 amide bonds. The van der Waals surface area contributed by atoms with Gasteiger partial charge in [0, 0.05) is 0 Å². The van der Waals surface area contributed by atoms with Crippen LogP contribution >= 0.6 is 0 Å². The number of aliphatic hydroxyl groups excluding tert-OH is 6. The maximum atomic E-state index is 10.6. The maximum absolute atomic E-state index is 10.6. The van der Waals surface area contributed by atoms with Gasteiger partial charge in [0.2, 0.25) is 0 Å². The number of nitrogens with two attached hydrogens (primary N) is 1. The first-order valence-corrected chi connectivity index (χ1v) is 8.40. The minimum atomic E-state index is -1.67. The molecule has 2 aliphatic rings. The Kier molecular flexibility index (Phi) is 6.37. The summed E-state index contributed by atoms with van der Waals surface area (Å²) in [6.07, 6.45) is -10.7. The van der Waals surface area contributed by atoms with E-state index in [1.54, 1.807) is 0 Å². The Balaban J connectivity index is 1.75. The van der Waals surface area contributed by atoms with Gasteiger partial charge in [0.05, 0.1) is 25.5 Å². The number of rotatable bonds is 5. The van der Waals surface area contributed by atoms with Crippen molar-refractivity contribution in [2.45, 2.75) is 61.2 Å². The van der Waals surface area contributed by atoms with Gasteiger partial charge in [-0.1, -0.05) is 0 Å². The van der Waals surface area contributed by atoms with Crippen LogP contribution in [0.25, 0.3) is 0 Å². The summed E-state index contributed by atoms with van der Waals surface area (Å²) in [5.74, 6) is 0. The monoisotopic (exact) mass is 392 g/mol. The second-order valence-electron chi connectivity index (χ2n) is 6.54. The molecular formula is C14H24N4O9. The van der Waals surface area contributed by atoms with Crippen molar-refractivity contribution in [3.8, 4) is 0 Å². The molecule has 0 saturated carbocycles. The molecule has 10 atom stereocenters.